The van der Waals surface area contributed by atoms with Crippen LogP contribution in [0.15, 0.2) is 54.6 Å². The second-order valence-corrected chi connectivity index (χ2v) is 7.16. The van der Waals surface area contributed by atoms with E-state index in [-0.39, 0.29) is 18.3 Å². The fraction of sp³-hybridized carbons (Fsp3) is 0.174. The first-order chi connectivity index (χ1) is 14.4. The summed E-state index contributed by atoms with van der Waals surface area (Å²) in [7, 11) is 0. The summed E-state index contributed by atoms with van der Waals surface area (Å²) >= 11 is 0. The van der Waals surface area contributed by atoms with Crippen LogP contribution < -0.4 is 10.1 Å². The topological polar surface area (TPSA) is 69.0 Å². The highest BCUT2D eigenvalue weighted by molar-refractivity contribution is 5.92. The SMILES string of the molecule is Cc1ccc(NC(=O)COc2cc(C)c3c(C)nn(-c4cccc(F)c4)c3n2)cc1. The Hall–Kier alpha value is -3.74. The van der Waals surface area contributed by atoms with E-state index in [0.717, 1.165) is 22.2 Å². The van der Waals surface area contributed by atoms with Crippen LogP contribution in [0, 0.1) is 26.6 Å². The van der Waals surface area contributed by atoms with Gasteiger partial charge in [-0.3, -0.25) is 4.79 Å². The number of rotatable bonds is 5. The number of nitrogens with zero attached hydrogens (tertiary/aromatic N) is 3. The molecule has 0 unspecified atom stereocenters. The first-order valence-corrected chi connectivity index (χ1v) is 9.53. The molecular formula is C23H21FN4O2. The molecule has 0 saturated heterocycles. The van der Waals surface area contributed by atoms with Crippen molar-refractivity contribution in [2.24, 2.45) is 0 Å². The van der Waals surface area contributed by atoms with Crippen LogP contribution >= 0.6 is 0 Å². The van der Waals surface area contributed by atoms with Crippen LogP contribution in [-0.2, 0) is 4.79 Å². The predicted octanol–water partition coefficient (Wildman–Crippen LogP) is 4.50. The van der Waals surface area contributed by atoms with Crippen molar-refractivity contribution in [3.63, 3.8) is 0 Å². The number of fused-ring (bicyclic) bond motifs is 1. The average Bonchev–Trinajstić information content (AvgIpc) is 3.05. The second-order valence-electron chi connectivity index (χ2n) is 7.16. The Morgan fingerprint density at radius 1 is 1.10 bits per heavy atom. The molecule has 0 aliphatic heterocycles. The van der Waals surface area contributed by atoms with E-state index in [1.807, 2.05) is 45.0 Å². The van der Waals surface area contributed by atoms with Gasteiger partial charge in [0.25, 0.3) is 5.91 Å². The Labute approximate surface area is 173 Å². The number of hydrogen-bond acceptors (Lipinski definition) is 4. The molecule has 4 rings (SSSR count). The summed E-state index contributed by atoms with van der Waals surface area (Å²) in [6.07, 6.45) is 0. The smallest absolute Gasteiger partial charge is 0.262 e. The van der Waals surface area contributed by atoms with Gasteiger partial charge in [0.2, 0.25) is 5.88 Å². The Morgan fingerprint density at radius 2 is 1.87 bits per heavy atom. The number of aryl methyl sites for hydroxylation is 3. The van der Waals surface area contributed by atoms with Crippen molar-refractivity contribution in [2.75, 3.05) is 11.9 Å². The minimum atomic E-state index is -0.356. The van der Waals surface area contributed by atoms with E-state index >= 15 is 0 Å². The summed E-state index contributed by atoms with van der Waals surface area (Å²) in [5, 5.41) is 8.17. The van der Waals surface area contributed by atoms with Gasteiger partial charge in [-0.25, -0.2) is 9.07 Å². The zero-order valence-electron chi connectivity index (χ0n) is 16.9. The molecule has 152 valence electrons. The van der Waals surface area contributed by atoms with Crippen molar-refractivity contribution in [3.05, 3.63) is 77.2 Å². The largest absolute Gasteiger partial charge is 0.467 e. The first-order valence-electron chi connectivity index (χ1n) is 9.53. The van der Waals surface area contributed by atoms with E-state index in [1.165, 1.54) is 12.1 Å². The molecule has 2 aromatic heterocycles. The lowest BCUT2D eigenvalue weighted by atomic mass is 10.2. The molecule has 0 atom stereocenters. The van der Waals surface area contributed by atoms with Gasteiger partial charge < -0.3 is 10.1 Å². The minimum Gasteiger partial charge on any atom is -0.467 e. The van der Waals surface area contributed by atoms with Gasteiger partial charge in [-0.15, -0.1) is 0 Å². The number of carbonyl (C=O) groups excluding carboxylic acids is 1. The molecule has 0 radical (unpaired) electrons. The zero-order valence-corrected chi connectivity index (χ0v) is 16.9. The number of amides is 1. The standard InChI is InChI=1S/C23H21FN4O2/c1-14-7-9-18(10-8-14)25-20(29)13-30-21-11-15(2)22-16(3)27-28(23(22)26-21)19-6-4-5-17(24)12-19/h4-12H,13H2,1-3H3,(H,25,29). The number of nitrogens with one attached hydrogen (secondary N) is 1. The Bertz CT molecular complexity index is 1230. The number of hydrogen-bond donors (Lipinski definition) is 1. The molecule has 0 spiro atoms. The zero-order chi connectivity index (χ0) is 21.3. The lowest BCUT2D eigenvalue weighted by Crippen LogP contribution is -2.20. The number of anilines is 1. The summed E-state index contributed by atoms with van der Waals surface area (Å²) in [6, 6.07) is 15.4. The van der Waals surface area contributed by atoms with Gasteiger partial charge in [0.15, 0.2) is 12.3 Å². The van der Waals surface area contributed by atoms with Crippen LogP contribution in [0.25, 0.3) is 16.7 Å². The summed E-state index contributed by atoms with van der Waals surface area (Å²) < 4.78 is 20.9. The molecule has 1 N–H and O–H groups in total. The normalized spacial score (nSPS) is 10.9. The third kappa shape index (κ3) is 4.00. The van der Waals surface area contributed by atoms with Crippen LogP contribution in [0.5, 0.6) is 5.88 Å². The van der Waals surface area contributed by atoms with Crippen molar-refractivity contribution in [3.8, 4) is 11.6 Å². The third-order valence-corrected chi connectivity index (χ3v) is 4.73. The molecular weight excluding hydrogens is 383 g/mol. The third-order valence-electron chi connectivity index (χ3n) is 4.73. The van der Waals surface area contributed by atoms with Crippen LogP contribution in [0.3, 0.4) is 0 Å². The van der Waals surface area contributed by atoms with Gasteiger partial charge in [-0.1, -0.05) is 23.8 Å². The molecule has 6 nitrogen and oxygen atoms in total. The fourth-order valence-electron chi connectivity index (χ4n) is 3.31. The number of aromatic nitrogens is 3. The monoisotopic (exact) mass is 404 g/mol. The Morgan fingerprint density at radius 3 is 2.60 bits per heavy atom. The van der Waals surface area contributed by atoms with Crippen LogP contribution in [0.1, 0.15) is 16.8 Å². The van der Waals surface area contributed by atoms with E-state index in [4.69, 9.17) is 4.74 Å². The van der Waals surface area contributed by atoms with Crippen molar-refractivity contribution >= 4 is 22.6 Å². The number of ether oxygens (including phenoxy) is 1. The van der Waals surface area contributed by atoms with Crippen LogP contribution in [-0.4, -0.2) is 27.3 Å². The van der Waals surface area contributed by atoms with Gasteiger partial charge >= 0.3 is 0 Å². The van der Waals surface area contributed by atoms with Crippen LogP contribution in [0.2, 0.25) is 0 Å². The highest BCUT2D eigenvalue weighted by Gasteiger charge is 2.16. The highest BCUT2D eigenvalue weighted by atomic mass is 19.1. The van der Waals surface area contributed by atoms with E-state index in [0.29, 0.717) is 22.9 Å². The van der Waals surface area contributed by atoms with E-state index < -0.39 is 0 Å². The molecule has 7 heteroatoms. The average molecular weight is 404 g/mol. The molecule has 2 aromatic carbocycles. The van der Waals surface area contributed by atoms with Gasteiger partial charge in [-0.05, 0) is 56.7 Å². The van der Waals surface area contributed by atoms with Crippen molar-refractivity contribution in [2.45, 2.75) is 20.8 Å². The molecule has 2 heterocycles. The predicted molar refractivity (Wildman–Crippen MR) is 114 cm³/mol. The fourth-order valence-corrected chi connectivity index (χ4v) is 3.31. The molecule has 30 heavy (non-hydrogen) atoms. The second kappa shape index (κ2) is 7.94. The maximum atomic E-state index is 13.7. The first kappa shape index (κ1) is 19.6. The number of halogens is 1. The maximum Gasteiger partial charge on any atom is 0.262 e. The summed E-state index contributed by atoms with van der Waals surface area (Å²) in [4.78, 5) is 16.8. The summed E-state index contributed by atoms with van der Waals surface area (Å²) in [5.41, 5.74) is 4.62. The quantitative estimate of drug-likeness (QED) is 0.532. The number of benzene rings is 2. The molecule has 4 aromatic rings. The highest BCUT2D eigenvalue weighted by Crippen LogP contribution is 2.27. The lowest BCUT2D eigenvalue weighted by molar-refractivity contribution is -0.118. The minimum absolute atomic E-state index is 0.182. The lowest BCUT2D eigenvalue weighted by Gasteiger charge is -2.09. The number of pyridine rings is 1. The van der Waals surface area contributed by atoms with Gasteiger partial charge in [0, 0.05) is 17.1 Å². The van der Waals surface area contributed by atoms with Crippen molar-refractivity contribution in [1.82, 2.24) is 14.8 Å². The molecule has 0 bridgehead atoms. The maximum absolute atomic E-state index is 13.7. The van der Waals surface area contributed by atoms with Crippen molar-refractivity contribution < 1.29 is 13.9 Å². The van der Waals surface area contributed by atoms with E-state index in [9.17, 15) is 9.18 Å². The van der Waals surface area contributed by atoms with E-state index in [1.54, 1.807) is 22.9 Å². The summed E-state index contributed by atoms with van der Waals surface area (Å²) in [5.74, 6) is -0.337. The van der Waals surface area contributed by atoms with Crippen molar-refractivity contribution in [1.29, 1.82) is 0 Å². The van der Waals surface area contributed by atoms with Gasteiger partial charge in [0.05, 0.1) is 11.4 Å². The Kier molecular flexibility index (Phi) is 5.18. The van der Waals surface area contributed by atoms with Gasteiger partial charge in [0.1, 0.15) is 5.82 Å². The van der Waals surface area contributed by atoms with E-state index in [2.05, 4.69) is 15.4 Å². The molecule has 0 saturated carbocycles. The van der Waals surface area contributed by atoms with Crippen LogP contribution in [0.4, 0.5) is 10.1 Å². The Balaban J connectivity index is 1.58. The molecule has 0 aliphatic rings. The molecule has 1 amide bonds. The van der Waals surface area contributed by atoms with Gasteiger partial charge in [-0.2, -0.15) is 10.1 Å². The molecule has 0 aliphatic carbocycles. The molecule has 0 fully saturated rings. The summed E-state index contributed by atoms with van der Waals surface area (Å²) in [6.45, 7) is 5.60. The number of carbonyl (C=O) groups is 1.